The summed E-state index contributed by atoms with van der Waals surface area (Å²) in [6, 6.07) is 0.513. The van der Waals surface area contributed by atoms with E-state index in [1.165, 1.54) is 32.1 Å². The Bertz CT molecular complexity index is 327. The van der Waals surface area contributed by atoms with Gasteiger partial charge in [-0.15, -0.1) is 0 Å². The molecule has 1 aromatic heterocycles. The van der Waals surface area contributed by atoms with E-state index in [-0.39, 0.29) is 0 Å². The van der Waals surface area contributed by atoms with Gasteiger partial charge in [0.15, 0.2) is 0 Å². The van der Waals surface area contributed by atoms with Gasteiger partial charge in [0.05, 0.1) is 16.7 Å². The predicted molar refractivity (Wildman–Crippen MR) is 65.6 cm³/mol. The van der Waals surface area contributed by atoms with Gasteiger partial charge in [0, 0.05) is 0 Å². The van der Waals surface area contributed by atoms with Gasteiger partial charge in [-0.05, 0) is 47.5 Å². The second kappa shape index (κ2) is 4.56. The van der Waals surface area contributed by atoms with Crippen LogP contribution in [0.4, 0.5) is 5.82 Å². The van der Waals surface area contributed by atoms with Crippen LogP contribution in [0.3, 0.4) is 0 Å². The average Bonchev–Trinajstić information content (AvgIpc) is 2.60. The minimum absolute atomic E-state index is 0.513. The number of nitrogens with two attached hydrogens (primary N) is 1. The van der Waals surface area contributed by atoms with Gasteiger partial charge in [0.1, 0.15) is 5.82 Å². The molecule has 1 aliphatic rings. The Balaban J connectivity index is 2.04. The molecule has 1 heterocycles. The van der Waals surface area contributed by atoms with Gasteiger partial charge >= 0.3 is 0 Å². The van der Waals surface area contributed by atoms with Crippen molar-refractivity contribution in [2.75, 3.05) is 5.73 Å². The molecular weight excluding hydrogens is 254 g/mol. The highest BCUT2D eigenvalue weighted by Gasteiger charge is 2.23. The first-order valence-corrected chi connectivity index (χ1v) is 6.50. The molecule has 84 valence electrons. The molecule has 0 unspecified atom stereocenters. The fourth-order valence-electron chi connectivity index (χ4n) is 2.44. The van der Waals surface area contributed by atoms with Crippen LogP contribution >= 0.6 is 15.9 Å². The molecule has 4 heteroatoms. The van der Waals surface area contributed by atoms with Gasteiger partial charge in [-0.2, -0.15) is 5.10 Å². The number of hydrogen-bond acceptors (Lipinski definition) is 2. The maximum atomic E-state index is 5.95. The Morgan fingerprint density at radius 2 is 2.13 bits per heavy atom. The van der Waals surface area contributed by atoms with Gasteiger partial charge in [0.25, 0.3) is 0 Å². The van der Waals surface area contributed by atoms with Crippen LogP contribution in [0.25, 0.3) is 0 Å². The van der Waals surface area contributed by atoms with Crippen LogP contribution in [0.15, 0.2) is 10.7 Å². The van der Waals surface area contributed by atoms with Gasteiger partial charge in [-0.25, -0.2) is 4.68 Å². The molecule has 3 nitrogen and oxygen atoms in total. The summed E-state index contributed by atoms with van der Waals surface area (Å²) in [5.41, 5.74) is 5.95. The van der Waals surface area contributed by atoms with E-state index in [0.717, 1.165) is 16.2 Å². The standard InChI is InChI=1S/C11H18BrN3/c1-2-8-3-5-9(6-4-8)15-11(13)10(12)7-14-15/h7-9H,2-6,13H2,1H3. The minimum atomic E-state index is 0.513. The predicted octanol–water partition coefficient (Wildman–Crippen LogP) is 3.37. The highest BCUT2D eigenvalue weighted by atomic mass is 79.9. The van der Waals surface area contributed by atoms with Gasteiger partial charge in [-0.3, -0.25) is 0 Å². The molecule has 0 amide bonds. The monoisotopic (exact) mass is 271 g/mol. The average molecular weight is 272 g/mol. The van der Waals surface area contributed by atoms with E-state index in [1.54, 1.807) is 6.20 Å². The fraction of sp³-hybridized carbons (Fsp3) is 0.727. The normalized spacial score (nSPS) is 26.8. The largest absolute Gasteiger partial charge is 0.383 e. The third kappa shape index (κ3) is 2.19. The van der Waals surface area contributed by atoms with Crippen molar-refractivity contribution in [3.05, 3.63) is 10.7 Å². The summed E-state index contributed by atoms with van der Waals surface area (Å²) in [5, 5.41) is 4.33. The third-order valence-electron chi connectivity index (χ3n) is 3.53. The zero-order chi connectivity index (χ0) is 10.8. The summed E-state index contributed by atoms with van der Waals surface area (Å²) in [5.74, 6) is 1.69. The topological polar surface area (TPSA) is 43.8 Å². The third-order valence-corrected chi connectivity index (χ3v) is 4.14. The van der Waals surface area contributed by atoms with E-state index < -0.39 is 0 Å². The van der Waals surface area contributed by atoms with E-state index in [1.807, 2.05) is 4.68 Å². The van der Waals surface area contributed by atoms with Crippen molar-refractivity contribution < 1.29 is 0 Å². The van der Waals surface area contributed by atoms with Crippen LogP contribution < -0.4 is 5.73 Å². The maximum absolute atomic E-state index is 5.95. The Hall–Kier alpha value is -0.510. The van der Waals surface area contributed by atoms with Crippen molar-refractivity contribution in [3.63, 3.8) is 0 Å². The van der Waals surface area contributed by atoms with E-state index in [9.17, 15) is 0 Å². The molecule has 0 atom stereocenters. The van der Waals surface area contributed by atoms with Crippen LogP contribution in [-0.4, -0.2) is 9.78 Å². The molecule has 2 N–H and O–H groups in total. The maximum Gasteiger partial charge on any atom is 0.136 e. The first-order valence-electron chi connectivity index (χ1n) is 5.70. The molecule has 0 radical (unpaired) electrons. The molecule has 0 aliphatic heterocycles. The zero-order valence-electron chi connectivity index (χ0n) is 9.12. The van der Waals surface area contributed by atoms with Gasteiger partial charge in [-0.1, -0.05) is 13.3 Å². The first-order chi connectivity index (χ1) is 7.22. The van der Waals surface area contributed by atoms with Crippen molar-refractivity contribution >= 4 is 21.7 Å². The zero-order valence-corrected chi connectivity index (χ0v) is 10.7. The molecule has 2 rings (SSSR count). The van der Waals surface area contributed by atoms with E-state index in [0.29, 0.717) is 6.04 Å². The lowest BCUT2D eigenvalue weighted by Gasteiger charge is -2.28. The molecule has 1 aliphatic carbocycles. The Kier molecular flexibility index (Phi) is 3.34. The highest BCUT2D eigenvalue weighted by Crippen LogP contribution is 2.35. The summed E-state index contributed by atoms with van der Waals surface area (Å²) < 4.78 is 2.90. The Labute approximate surface area is 99.2 Å². The Morgan fingerprint density at radius 1 is 1.47 bits per heavy atom. The minimum Gasteiger partial charge on any atom is -0.383 e. The summed E-state index contributed by atoms with van der Waals surface area (Å²) in [6.45, 7) is 2.28. The van der Waals surface area contributed by atoms with Crippen LogP contribution in [0.2, 0.25) is 0 Å². The smallest absolute Gasteiger partial charge is 0.136 e. The van der Waals surface area contributed by atoms with Crippen LogP contribution in [0.1, 0.15) is 45.1 Å². The molecule has 1 fully saturated rings. The molecular formula is C11H18BrN3. The van der Waals surface area contributed by atoms with Crippen LogP contribution in [0.5, 0.6) is 0 Å². The lowest BCUT2D eigenvalue weighted by atomic mass is 9.84. The van der Waals surface area contributed by atoms with Crippen molar-refractivity contribution in [1.29, 1.82) is 0 Å². The van der Waals surface area contributed by atoms with Crippen molar-refractivity contribution in [3.8, 4) is 0 Å². The highest BCUT2D eigenvalue weighted by molar-refractivity contribution is 9.10. The molecule has 0 saturated heterocycles. The summed E-state index contributed by atoms with van der Waals surface area (Å²) in [4.78, 5) is 0. The number of aromatic nitrogens is 2. The summed E-state index contributed by atoms with van der Waals surface area (Å²) in [7, 11) is 0. The van der Waals surface area contributed by atoms with E-state index in [4.69, 9.17) is 5.73 Å². The van der Waals surface area contributed by atoms with Gasteiger partial charge in [0.2, 0.25) is 0 Å². The van der Waals surface area contributed by atoms with E-state index >= 15 is 0 Å². The second-order valence-electron chi connectivity index (χ2n) is 4.41. The lowest BCUT2D eigenvalue weighted by molar-refractivity contribution is 0.258. The number of hydrogen-bond donors (Lipinski definition) is 1. The molecule has 0 bridgehead atoms. The van der Waals surface area contributed by atoms with E-state index in [2.05, 4.69) is 28.0 Å². The quantitative estimate of drug-likeness (QED) is 0.897. The molecule has 0 spiro atoms. The van der Waals surface area contributed by atoms with Crippen molar-refractivity contribution in [2.45, 2.75) is 45.1 Å². The fourth-order valence-corrected chi connectivity index (χ4v) is 2.71. The lowest BCUT2D eigenvalue weighted by Crippen LogP contribution is -2.20. The molecule has 0 aromatic carbocycles. The van der Waals surface area contributed by atoms with Gasteiger partial charge < -0.3 is 5.73 Å². The molecule has 15 heavy (non-hydrogen) atoms. The van der Waals surface area contributed by atoms with Crippen LogP contribution in [0, 0.1) is 5.92 Å². The van der Waals surface area contributed by atoms with Crippen LogP contribution in [-0.2, 0) is 0 Å². The number of anilines is 1. The summed E-state index contributed by atoms with van der Waals surface area (Å²) in [6.07, 6.45) is 8.18. The van der Waals surface area contributed by atoms with Crippen molar-refractivity contribution in [2.24, 2.45) is 5.92 Å². The Morgan fingerprint density at radius 3 is 2.60 bits per heavy atom. The SMILES string of the molecule is CCC1CCC(n2ncc(Br)c2N)CC1. The second-order valence-corrected chi connectivity index (χ2v) is 5.26. The number of nitrogens with zero attached hydrogens (tertiary/aromatic N) is 2. The number of rotatable bonds is 2. The molecule has 1 saturated carbocycles. The van der Waals surface area contributed by atoms with Crippen molar-refractivity contribution in [1.82, 2.24) is 9.78 Å². The number of nitrogen functional groups attached to an aromatic ring is 1. The molecule has 1 aromatic rings. The first kappa shape index (κ1) is 11.0. The number of halogens is 1. The summed E-state index contributed by atoms with van der Waals surface area (Å²) >= 11 is 3.40.